The topological polar surface area (TPSA) is 123 Å². The minimum absolute atomic E-state index is 0.287. The van der Waals surface area contributed by atoms with E-state index in [2.05, 4.69) is 33.2 Å². The van der Waals surface area contributed by atoms with Crippen LogP contribution in [0.1, 0.15) is 52.8 Å². The average molecular weight is 512 g/mol. The van der Waals surface area contributed by atoms with E-state index in [1.54, 1.807) is 23.2 Å². The first kappa shape index (κ1) is 24.1. The highest BCUT2D eigenvalue weighted by molar-refractivity contribution is 5.85. The van der Waals surface area contributed by atoms with Gasteiger partial charge in [0.1, 0.15) is 5.65 Å². The van der Waals surface area contributed by atoms with E-state index in [-0.39, 0.29) is 11.9 Å². The number of aromatic amines is 1. The maximum atomic E-state index is 13.3. The van der Waals surface area contributed by atoms with Crippen molar-refractivity contribution >= 4 is 23.0 Å². The number of likely N-dealkylation sites (tertiary alicyclic amines) is 1. The lowest BCUT2D eigenvalue weighted by atomic mass is 9.86. The summed E-state index contributed by atoms with van der Waals surface area (Å²) in [6.07, 6.45) is 6.77. The van der Waals surface area contributed by atoms with Crippen molar-refractivity contribution in [1.29, 1.82) is 0 Å². The third-order valence-electron chi connectivity index (χ3n) is 7.85. The van der Waals surface area contributed by atoms with Crippen LogP contribution in [0.5, 0.6) is 0 Å². The second-order valence-corrected chi connectivity index (χ2v) is 10.1. The molecule has 3 aromatic heterocycles. The normalized spacial score (nSPS) is 18.0. The zero-order valence-corrected chi connectivity index (χ0v) is 21.1. The number of carboxylic acid groups (broad SMARTS) is 1. The third-order valence-corrected chi connectivity index (χ3v) is 7.85. The van der Waals surface area contributed by atoms with Gasteiger partial charge in [-0.25, -0.2) is 9.78 Å². The van der Waals surface area contributed by atoms with E-state index in [1.807, 2.05) is 19.3 Å². The summed E-state index contributed by atoms with van der Waals surface area (Å²) < 4.78 is 0. The van der Waals surface area contributed by atoms with Crippen molar-refractivity contribution < 1.29 is 19.8 Å². The Balaban J connectivity index is 1.41. The molecule has 38 heavy (non-hydrogen) atoms. The Hall–Kier alpha value is -4.24. The molecule has 194 valence electrons. The maximum absolute atomic E-state index is 13.3. The number of fused-ring (bicyclic) bond motifs is 2. The molecule has 2 atom stereocenters. The molecule has 1 saturated heterocycles. The van der Waals surface area contributed by atoms with Gasteiger partial charge in [0.15, 0.2) is 6.10 Å². The van der Waals surface area contributed by atoms with Crippen LogP contribution in [0.3, 0.4) is 0 Å². The van der Waals surface area contributed by atoms with Crippen molar-refractivity contribution in [2.75, 3.05) is 13.1 Å². The number of aliphatic hydroxyl groups excluding tert-OH is 1. The molecule has 0 radical (unpaired) electrons. The number of carbonyl (C=O) groups excluding carboxylic acids is 1. The summed E-state index contributed by atoms with van der Waals surface area (Å²) in [4.78, 5) is 40.3. The second-order valence-electron chi connectivity index (χ2n) is 10.1. The molecule has 0 aliphatic carbocycles. The molecule has 4 aromatic rings. The maximum Gasteiger partial charge on any atom is 0.407 e. The van der Waals surface area contributed by atoms with Crippen LogP contribution in [-0.4, -0.2) is 60.1 Å². The minimum atomic E-state index is -1.29. The standard InChI is InChI=1S/C29H29N5O4/c1-17-13-31-27-22(17)12-21(15-32-27)20-10-18-6-9-33(28(36)26(35)19-4-2-7-30-14-19)16-24(18)23(11-20)25-5-3-8-34(25)29(37)38/h2,4,7,10-15,25-26,35H,3,5-6,8-9,16H2,1H3,(H,31,32)(H,37,38)/t25-,26?/m0/s1. The van der Waals surface area contributed by atoms with Gasteiger partial charge in [-0.15, -0.1) is 0 Å². The van der Waals surface area contributed by atoms with Crippen LogP contribution in [0.15, 0.2) is 55.1 Å². The van der Waals surface area contributed by atoms with Gasteiger partial charge in [-0.2, -0.15) is 0 Å². The van der Waals surface area contributed by atoms with Crippen LogP contribution in [-0.2, 0) is 17.8 Å². The van der Waals surface area contributed by atoms with Crippen molar-refractivity contribution in [2.24, 2.45) is 0 Å². The summed E-state index contributed by atoms with van der Waals surface area (Å²) in [5, 5.41) is 21.7. The molecule has 6 rings (SSSR count). The minimum Gasteiger partial charge on any atom is -0.465 e. The van der Waals surface area contributed by atoms with E-state index in [0.717, 1.165) is 57.3 Å². The van der Waals surface area contributed by atoms with E-state index in [0.29, 0.717) is 31.6 Å². The first-order valence-electron chi connectivity index (χ1n) is 12.9. The number of hydrogen-bond acceptors (Lipinski definition) is 5. The number of nitrogens with zero attached hydrogens (tertiary/aromatic N) is 4. The first-order chi connectivity index (χ1) is 18.4. The molecular formula is C29H29N5O4. The molecule has 2 amide bonds. The lowest BCUT2D eigenvalue weighted by Crippen LogP contribution is -2.40. The van der Waals surface area contributed by atoms with Gasteiger partial charge < -0.3 is 25.0 Å². The fraction of sp³-hybridized carbons (Fsp3) is 0.310. The molecule has 0 bridgehead atoms. The van der Waals surface area contributed by atoms with Crippen molar-refractivity contribution in [2.45, 2.75) is 44.9 Å². The number of pyridine rings is 2. The number of amides is 2. The number of rotatable bonds is 4. The zero-order chi connectivity index (χ0) is 26.4. The fourth-order valence-corrected chi connectivity index (χ4v) is 5.81. The molecule has 1 fully saturated rings. The van der Waals surface area contributed by atoms with Crippen LogP contribution in [0.25, 0.3) is 22.2 Å². The Morgan fingerprint density at radius 1 is 1.16 bits per heavy atom. The van der Waals surface area contributed by atoms with Crippen LogP contribution < -0.4 is 0 Å². The molecule has 2 aliphatic rings. The summed E-state index contributed by atoms with van der Waals surface area (Å²) in [5.41, 5.74) is 7.35. The zero-order valence-electron chi connectivity index (χ0n) is 21.1. The number of carbonyl (C=O) groups is 2. The Morgan fingerprint density at radius 3 is 2.82 bits per heavy atom. The summed E-state index contributed by atoms with van der Waals surface area (Å²) in [6, 6.07) is 9.42. The highest BCUT2D eigenvalue weighted by Crippen LogP contribution is 2.40. The van der Waals surface area contributed by atoms with Gasteiger partial charge in [0.25, 0.3) is 5.91 Å². The Morgan fingerprint density at radius 2 is 2.03 bits per heavy atom. The number of benzene rings is 1. The lowest BCUT2D eigenvalue weighted by Gasteiger charge is -2.34. The summed E-state index contributed by atoms with van der Waals surface area (Å²) in [7, 11) is 0. The molecule has 0 saturated carbocycles. The largest absolute Gasteiger partial charge is 0.465 e. The van der Waals surface area contributed by atoms with Crippen molar-refractivity contribution in [3.8, 4) is 11.1 Å². The lowest BCUT2D eigenvalue weighted by molar-refractivity contribution is -0.141. The van der Waals surface area contributed by atoms with Crippen molar-refractivity contribution in [3.05, 3.63) is 82.9 Å². The molecule has 3 N–H and O–H groups in total. The van der Waals surface area contributed by atoms with Gasteiger partial charge in [0, 0.05) is 60.9 Å². The fourth-order valence-electron chi connectivity index (χ4n) is 5.81. The van der Waals surface area contributed by atoms with Gasteiger partial charge in [0.2, 0.25) is 0 Å². The second kappa shape index (κ2) is 9.57. The molecule has 0 spiro atoms. The summed E-state index contributed by atoms with van der Waals surface area (Å²) in [6.45, 7) is 3.31. The van der Waals surface area contributed by atoms with Crippen LogP contribution in [0.2, 0.25) is 0 Å². The van der Waals surface area contributed by atoms with E-state index >= 15 is 0 Å². The van der Waals surface area contributed by atoms with Crippen LogP contribution in [0.4, 0.5) is 4.79 Å². The molecule has 5 heterocycles. The number of hydrogen-bond donors (Lipinski definition) is 3. The number of H-pyrrole nitrogens is 1. The molecule has 1 aromatic carbocycles. The molecule has 1 unspecified atom stereocenters. The quantitative estimate of drug-likeness (QED) is 0.374. The summed E-state index contributed by atoms with van der Waals surface area (Å²) in [5.74, 6) is -0.377. The third kappa shape index (κ3) is 4.18. The summed E-state index contributed by atoms with van der Waals surface area (Å²) >= 11 is 0. The monoisotopic (exact) mass is 511 g/mol. The first-order valence-corrected chi connectivity index (χ1v) is 12.9. The van der Waals surface area contributed by atoms with Crippen LogP contribution in [0, 0.1) is 6.92 Å². The van der Waals surface area contributed by atoms with Gasteiger partial charge in [0.05, 0.1) is 6.04 Å². The van der Waals surface area contributed by atoms with Crippen molar-refractivity contribution in [3.63, 3.8) is 0 Å². The van der Waals surface area contributed by atoms with Crippen molar-refractivity contribution in [1.82, 2.24) is 24.8 Å². The molecule has 9 heteroatoms. The Bertz CT molecular complexity index is 1530. The highest BCUT2D eigenvalue weighted by Gasteiger charge is 2.35. The predicted molar refractivity (Wildman–Crippen MR) is 141 cm³/mol. The van der Waals surface area contributed by atoms with Crippen LogP contribution >= 0.6 is 0 Å². The molecule has 9 nitrogen and oxygen atoms in total. The molecular weight excluding hydrogens is 482 g/mol. The van der Waals surface area contributed by atoms with E-state index in [9.17, 15) is 19.8 Å². The average Bonchev–Trinajstić information content (AvgIpc) is 3.59. The highest BCUT2D eigenvalue weighted by atomic mass is 16.4. The smallest absolute Gasteiger partial charge is 0.407 e. The predicted octanol–water partition coefficient (Wildman–Crippen LogP) is 4.37. The van der Waals surface area contributed by atoms with E-state index in [1.165, 1.54) is 11.1 Å². The van der Waals surface area contributed by atoms with Gasteiger partial charge in [-0.05, 0) is 72.2 Å². The number of aliphatic hydroxyl groups is 1. The number of nitrogens with one attached hydrogen (secondary N) is 1. The Kier molecular flexibility index (Phi) is 6.07. The van der Waals surface area contributed by atoms with Gasteiger partial charge in [-0.3, -0.25) is 9.78 Å². The molecule has 2 aliphatic heterocycles. The van der Waals surface area contributed by atoms with Gasteiger partial charge >= 0.3 is 6.09 Å². The van der Waals surface area contributed by atoms with E-state index in [4.69, 9.17) is 0 Å². The Labute approximate surface area is 219 Å². The van der Waals surface area contributed by atoms with E-state index < -0.39 is 12.2 Å². The van der Waals surface area contributed by atoms with Gasteiger partial charge in [-0.1, -0.05) is 12.1 Å². The SMILES string of the molecule is Cc1c[nH]c2ncc(-c3cc4c(c([C@@H]5CCCN5C(=O)O)c3)CN(C(=O)C(O)c3cccnc3)CC4)cc12. The number of aryl methyl sites for hydroxylation is 1. The number of aromatic nitrogens is 3.